The van der Waals surface area contributed by atoms with Crippen molar-refractivity contribution < 1.29 is 19.3 Å². The fourth-order valence-corrected chi connectivity index (χ4v) is 1.43. The first kappa shape index (κ1) is 11.3. The van der Waals surface area contributed by atoms with Gasteiger partial charge in [0.1, 0.15) is 18.6 Å². The van der Waals surface area contributed by atoms with Gasteiger partial charge in [0.25, 0.3) is 0 Å². The molecule has 4 heteroatoms. The molecule has 1 unspecified atom stereocenters. The van der Waals surface area contributed by atoms with Crippen molar-refractivity contribution in [3.05, 3.63) is 12.0 Å². The molecule has 1 N–H and O–H groups in total. The highest BCUT2D eigenvalue weighted by Gasteiger charge is 2.34. The molecule has 0 fully saturated rings. The standard InChI is InChI=1S/C10H18O4/c1-3-12-9-5-6-10(8-11,13-4-2)14-7-9/h7,11H,3-6,8H2,1-2H3. The Morgan fingerprint density at radius 1 is 1.50 bits per heavy atom. The predicted molar refractivity (Wildman–Crippen MR) is 51.5 cm³/mol. The van der Waals surface area contributed by atoms with Crippen molar-refractivity contribution in [3.8, 4) is 0 Å². The van der Waals surface area contributed by atoms with E-state index in [4.69, 9.17) is 19.3 Å². The van der Waals surface area contributed by atoms with Gasteiger partial charge in [-0.25, -0.2) is 0 Å². The molecule has 1 aliphatic rings. The van der Waals surface area contributed by atoms with E-state index in [0.29, 0.717) is 19.6 Å². The van der Waals surface area contributed by atoms with Crippen molar-refractivity contribution in [1.82, 2.24) is 0 Å². The number of hydrogen-bond donors (Lipinski definition) is 1. The van der Waals surface area contributed by atoms with Gasteiger partial charge in [0.15, 0.2) is 0 Å². The summed E-state index contributed by atoms with van der Waals surface area (Å²) in [5, 5.41) is 9.17. The van der Waals surface area contributed by atoms with E-state index in [0.717, 1.165) is 12.2 Å². The van der Waals surface area contributed by atoms with Crippen LogP contribution in [0.4, 0.5) is 0 Å². The Bertz CT molecular complexity index is 202. The van der Waals surface area contributed by atoms with Crippen LogP contribution in [-0.2, 0) is 14.2 Å². The van der Waals surface area contributed by atoms with E-state index in [-0.39, 0.29) is 6.61 Å². The fourth-order valence-electron chi connectivity index (χ4n) is 1.43. The fraction of sp³-hybridized carbons (Fsp3) is 0.800. The number of hydrogen-bond acceptors (Lipinski definition) is 4. The number of allylic oxidation sites excluding steroid dienone is 1. The Hall–Kier alpha value is -0.740. The van der Waals surface area contributed by atoms with Gasteiger partial charge in [0, 0.05) is 19.4 Å². The Labute approximate surface area is 84.5 Å². The highest BCUT2D eigenvalue weighted by molar-refractivity contribution is 4.95. The molecule has 0 aliphatic carbocycles. The molecule has 4 nitrogen and oxygen atoms in total. The van der Waals surface area contributed by atoms with E-state index in [1.54, 1.807) is 6.26 Å². The normalized spacial score (nSPS) is 26.6. The molecule has 0 amide bonds. The topological polar surface area (TPSA) is 47.9 Å². The van der Waals surface area contributed by atoms with E-state index in [9.17, 15) is 0 Å². The molecule has 0 saturated heterocycles. The van der Waals surface area contributed by atoms with Crippen molar-refractivity contribution >= 4 is 0 Å². The number of aliphatic hydroxyl groups excluding tert-OH is 1. The average molecular weight is 202 g/mol. The van der Waals surface area contributed by atoms with Gasteiger partial charge in [-0.15, -0.1) is 0 Å². The summed E-state index contributed by atoms with van der Waals surface area (Å²) < 4.78 is 16.0. The zero-order valence-corrected chi connectivity index (χ0v) is 8.78. The van der Waals surface area contributed by atoms with Crippen LogP contribution in [0.15, 0.2) is 12.0 Å². The second-order valence-electron chi connectivity index (χ2n) is 3.14. The summed E-state index contributed by atoms with van der Waals surface area (Å²) in [6, 6.07) is 0. The second-order valence-corrected chi connectivity index (χ2v) is 3.14. The third-order valence-corrected chi connectivity index (χ3v) is 2.14. The molecule has 0 radical (unpaired) electrons. The van der Waals surface area contributed by atoms with Crippen LogP contribution in [-0.4, -0.2) is 30.7 Å². The molecule has 82 valence electrons. The van der Waals surface area contributed by atoms with E-state index < -0.39 is 5.79 Å². The van der Waals surface area contributed by atoms with Crippen LogP contribution in [0, 0.1) is 0 Å². The van der Waals surface area contributed by atoms with Gasteiger partial charge in [-0.05, 0) is 13.8 Å². The quantitative estimate of drug-likeness (QED) is 0.732. The maximum atomic E-state index is 9.17. The van der Waals surface area contributed by atoms with Crippen LogP contribution in [0.5, 0.6) is 0 Å². The van der Waals surface area contributed by atoms with E-state index in [2.05, 4.69) is 0 Å². The summed E-state index contributed by atoms with van der Waals surface area (Å²) in [6.07, 6.45) is 2.91. The highest BCUT2D eigenvalue weighted by Crippen LogP contribution is 2.28. The van der Waals surface area contributed by atoms with Gasteiger partial charge >= 0.3 is 0 Å². The van der Waals surface area contributed by atoms with Gasteiger partial charge in [0.05, 0.1) is 6.61 Å². The molecule has 14 heavy (non-hydrogen) atoms. The Balaban J connectivity index is 2.53. The molecule has 0 saturated carbocycles. The molecular weight excluding hydrogens is 184 g/mol. The predicted octanol–water partition coefficient (Wildman–Crippen LogP) is 1.40. The van der Waals surface area contributed by atoms with Crippen LogP contribution in [0.2, 0.25) is 0 Å². The van der Waals surface area contributed by atoms with Crippen LogP contribution >= 0.6 is 0 Å². The third kappa shape index (κ3) is 2.62. The lowest BCUT2D eigenvalue weighted by atomic mass is 10.1. The molecule has 0 aromatic rings. The number of aliphatic hydroxyl groups is 1. The van der Waals surface area contributed by atoms with Crippen molar-refractivity contribution in [2.75, 3.05) is 19.8 Å². The zero-order valence-electron chi connectivity index (χ0n) is 8.78. The van der Waals surface area contributed by atoms with Crippen LogP contribution in [0.25, 0.3) is 0 Å². The van der Waals surface area contributed by atoms with Crippen molar-refractivity contribution in [3.63, 3.8) is 0 Å². The van der Waals surface area contributed by atoms with Crippen LogP contribution < -0.4 is 0 Å². The summed E-state index contributed by atoms with van der Waals surface area (Å²) in [4.78, 5) is 0. The van der Waals surface area contributed by atoms with Gasteiger partial charge in [-0.2, -0.15) is 0 Å². The maximum Gasteiger partial charge on any atom is 0.233 e. The first-order valence-corrected chi connectivity index (χ1v) is 5.01. The Morgan fingerprint density at radius 2 is 2.29 bits per heavy atom. The van der Waals surface area contributed by atoms with E-state index in [1.807, 2.05) is 13.8 Å². The first-order chi connectivity index (χ1) is 6.76. The third-order valence-electron chi connectivity index (χ3n) is 2.14. The summed E-state index contributed by atoms with van der Waals surface area (Å²) >= 11 is 0. The van der Waals surface area contributed by atoms with E-state index >= 15 is 0 Å². The van der Waals surface area contributed by atoms with Gasteiger partial charge in [-0.3, -0.25) is 0 Å². The molecule has 0 bridgehead atoms. The average Bonchev–Trinajstić information content (AvgIpc) is 2.22. The summed E-state index contributed by atoms with van der Waals surface area (Å²) in [5.41, 5.74) is 0. The van der Waals surface area contributed by atoms with Gasteiger partial charge in [0.2, 0.25) is 5.79 Å². The number of rotatable bonds is 5. The van der Waals surface area contributed by atoms with Gasteiger partial charge in [-0.1, -0.05) is 0 Å². The molecule has 1 atom stereocenters. The molecule has 1 aliphatic heterocycles. The second kappa shape index (κ2) is 5.22. The van der Waals surface area contributed by atoms with Crippen molar-refractivity contribution in [2.24, 2.45) is 0 Å². The van der Waals surface area contributed by atoms with Gasteiger partial charge < -0.3 is 19.3 Å². The Morgan fingerprint density at radius 3 is 2.71 bits per heavy atom. The smallest absolute Gasteiger partial charge is 0.233 e. The molecule has 0 aromatic carbocycles. The molecule has 0 spiro atoms. The molecule has 1 heterocycles. The lowest BCUT2D eigenvalue weighted by Crippen LogP contribution is -2.40. The monoisotopic (exact) mass is 202 g/mol. The minimum Gasteiger partial charge on any atom is -0.495 e. The lowest BCUT2D eigenvalue weighted by Gasteiger charge is -2.34. The summed E-state index contributed by atoms with van der Waals surface area (Å²) in [6.45, 7) is 4.84. The van der Waals surface area contributed by atoms with Crippen LogP contribution in [0.3, 0.4) is 0 Å². The SMILES string of the molecule is CCOC1=COC(CO)(OCC)CC1. The Kier molecular flexibility index (Phi) is 4.22. The minimum absolute atomic E-state index is 0.128. The molecule has 0 aromatic heterocycles. The first-order valence-electron chi connectivity index (χ1n) is 5.01. The molecule has 1 rings (SSSR count). The maximum absolute atomic E-state index is 9.17. The summed E-state index contributed by atoms with van der Waals surface area (Å²) in [7, 11) is 0. The van der Waals surface area contributed by atoms with Crippen molar-refractivity contribution in [1.29, 1.82) is 0 Å². The highest BCUT2D eigenvalue weighted by atomic mass is 16.7. The lowest BCUT2D eigenvalue weighted by molar-refractivity contribution is -0.237. The zero-order chi connectivity index (χ0) is 10.4. The van der Waals surface area contributed by atoms with E-state index in [1.165, 1.54) is 0 Å². The largest absolute Gasteiger partial charge is 0.495 e. The number of ether oxygens (including phenoxy) is 3. The minimum atomic E-state index is -0.852. The van der Waals surface area contributed by atoms with Crippen LogP contribution in [0.1, 0.15) is 26.7 Å². The summed E-state index contributed by atoms with van der Waals surface area (Å²) in [5.74, 6) is -0.0358. The van der Waals surface area contributed by atoms with Crippen molar-refractivity contribution in [2.45, 2.75) is 32.5 Å². The molecular formula is C10H18O4.